The maximum Gasteiger partial charge on any atom is 0.306 e. The van der Waals surface area contributed by atoms with E-state index >= 15 is 0 Å². The van der Waals surface area contributed by atoms with E-state index in [9.17, 15) is 14.7 Å². The van der Waals surface area contributed by atoms with Crippen molar-refractivity contribution >= 4 is 29.4 Å². The highest BCUT2D eigenvalue weighted by atomic mass is 35.5. The Labute approximate surface area is 157 Å². The summed E-state index contributed by atoms with van der Waals surface area (Å²) >= 11 is 6.25. The Morgan fingerprint density at radius 3 is 2.62 bits per heavy atom. The molecule has 7 nitrogen and oxygen atoms in total. The van der Waals surface area contributed by atoms with Crippen molar-refractivity contribution in [1.29, 1.82) is 0 Å². The van der Waals surface area contributed by atoms with Crippen LogP contribution in [0.5, 0.6) is 0 Å². The summed E-state index contributed by atoms with van der Waals surface area (Å²) in [5, 5.41) is 9.74. The van der Waals surface area contributed by atoms with E-state index in [1.165, 1.54) is 6.20 Å². The first kappa shape index (κ1) is 17.5. The predicted molar refractivity (Wildman–Crippen MR) is 96.4 cm³/mol. The summed E-state index contributed by atoms with van der Waals surface area (Å²) < 4.78 is 0. The Hall–Kier alpha value is -1.89. The first-order valence-electron chi connectivity index (χ1n) is 9.37. The number of piperidine rings is 1. The van der Waals surface area contributed by atoms with Crippen LogP contribution in [0.15, 0.2) is 6.20 Å². The van der Waals surface area contributed by atoms with Crippen LogP contribution in [-0.2, 0) is 4.79 Å². The number of aliphatic carboxylic acids is 1. The third-order valence-corrected chi connectivity index (χ3v) is 6.31. The number of rotatable bonds is 3. The molecule has 3 atom stereocenters. The number of aromatic nitrogens is 2. The average molecular weight is 379 g/mol. The van der Waals surface area contributed by atoms with Crippen LogP contribution in [0.1, 0.15) is 49.0 Å². The Balaban J connectivity index is 1.59. The van der Waals surface area contributed by atoms with Gasteiger partial charge in [-0.1, -0.05) is 18.0 Å². The fourth-order valence-corrected chi connectivity index (χ4v) is 4.93. The summed E-state index contributed by atoms with van der Waals surface area (Å²) in [6, 6.07) is -0.0291. The van der Waals surface area contributed by atoms with Gasteiger partial charge < -0.3 is 14.9 Å². The first-order chi connectivity index (χ1) is 12.6. The van der Waals surface area contributed by atoms with Gasteiger partial charge in [-0.15, -0.1) is 0 Å². The third-order valence-electron chi connectivity index (χ3n) is 6.03. The highest BCUT2D eigenvalue weighted by Gasteiger charge is 2.46. The second-order valence-electron chi connectivity index (χ2n) is 7.45. The summed E-state index contributed by atoms with van der Waals surface area (Å²) in [4.78, 5) is 37.4. The number of amides is 1. The molecule has 0 radical (unpaired) electrons. The lowest BCUT2D eigenvalue weighted by atomic mass is 9.81. The van der Waals surface area contributed by atoms with Crippen molar-refractivity contribution in [3.8, 4) is 0 Å². The molecular formula is C18H23ClN4O3. The maximum atomic E-state index is 13.2. The molecule has 2 aliphatic heterocycles. The van der Waals surface area contributed by atoms with Crippen LogP contribution >= 0.6 is 11.6 Å². The highest BCUT2D eigenvalue weighted by molar-refractivity contribution is 6.33. The van der Waals surface area contributed by atoms with Crippen molar-refractivity contribution in [2.45, 2.75) is 44.6 Å². The lowest BCUT2D eigenvalue weighted by Crippen LogP contribution is -2.51. The van der Waals surface area contributed by atoms with Gasteiger partial charge in [0.1, 0.15) is 0 Å². The standard InChI is InChI=1S/C18H23ClN4O3/c19-13-10-20-18(22-7-1-2-8-22)21-15(13)16(24)23-9-6-12(17(25)26)11-4-3-5-14(11)23/h10-12,14H,1-9H2,(H,25,26). The molecule has 1 saturated carbocycles. The van der Waals surface area contributed by atoms with E-state index in [-0.39, 0.29) is 34.5 Å². The van der Waals surface area contributed by atoms with E-state index in [0.717, 1.165) is 45.2 Å². The third kappa shape index (κ3) is 3.02. The molecule has 0 bridgehead atoms. The molecule has 3 unspecified atom stereocenters. The Kier molecular flexibility index (Phi) is 4.73. The minimum Gasteiger partial charge on any atom is -0.481 e. The van der Waals surface area contributed by atoms with Crippen LogP contribution in [0, 0.1) is 11.8 Å². The van der Waals surface area contributed by atoms with Crippen molar-refractivity contribution in [2.75, 3.05) is 24.5 Å². The number of hydrogen-bond acceptors (Lipinski definition) is 5. The molecule has 2 saturated heterocycles. The first-order valence-corrected chi connectivity index (χ1v) is 9.75. The molecule has 8 heteroatoms. The Morgan fingerprint density at radius 2 is 1.88 bits per heavy atom. The number of anilines is 1. The molecule has 3 fully saturated rings. The monoisotopic (exact) mass is 378 g/mol. The number of carboxylic acid groups (broad SMARTS) is 1. The average Bonchev–Trinajstić information content (AvgIpc) is 3.32. The molecule has 4 rings (SSSR count). The molecule has 1 aromatic rings. The van der Waals surface area contributed by atoms with Crippen molar-refractivity contribution in [3.05, 3.63) is 16.9 Å². The van der Waals surface area contributed by atoms with Crippen molar-refractivity contribution in [3.63, 3.8) is 0 Å². The molecule has 1 aromatic heterocycles. The number of carbonyl (C=O) groups excluding carboxylic acids is 1. The molecule has 3 aliphatic rings. The summed E-state index contributed by atoms with van der Waals surface area (Å²) in [7, 11) is 0. The number of likely N-dealkylation sites (tertiary alicyclic amines) is 1. The Morgan fingerprint density at radius 1 is 1.12 bits per heavy atom. The zero-order valence-electron chi connectivity index (χ0n) is 14.6. The quantitative estimate of drug-likeness (QED) is 0.869. The summed E-state index contributed by atoms with van der Waals surface area (Å²) in [6.07, 6.45) is 6.86. The van der Waals surface area contributed by atoms with Crippen molar-refractivity contribution in [2.24, 2.45) is 11.8 Å². The van der Waals surface area contributed by atoms with Crippen LogP contribution in [0.25, 0.3) is 0 Å². The SMILES string of the molecule is O=C(O)C1CCN(C(=O)c2nc(N3CCCC3)ncc2Cl)C2CCCC12. The van der Waals surface area contributed by atoms with E-state index in [0.29, 0.717) is 18.9 Å². The fraction of sp³-hybridized carbons (Fsp3) is 0.667. The van der Waals surface area contributed by atoms with E-state index < -0.39 is 5.97 Å². The van der Waals surface area contributed by atoms with Crippen molar-refractivity contribution < 1.29 is 14.7 Å². The van der Waals surface area contributed by atoms with Gasteiger partial charge in [-0.2, -0.15) is 0 Å². The zero-order chi connectivity index (χ0) is 18.3. The van der Waals surface area contributed by atoms with Gasteiger partial charge in [-0.3, -0.25) is 9.59 Å². The number of nitrogens with zero attached hydrogens (tertiary/aromatic N) is 4. The lowest BCUT2D eigenvalue weighted by Gasteiger charge is -2.40. The fourth-order valence-electron chi connectivity index (χ4n) is 4.76. The predicted octanol–water partition coefficient (Wildman–Crippen LogP) is 2.45. The van der Waals surface area contributed by atoms with Gasteiger partial charge in [-0.25, -0.2) is 9.97 Å². The van der Waals surface area contributed by atoms with E-state index in [4.69, 9.17) is 11.6 Å². The number of halogens is 1. The largest absolute Gasteiger partial charge is 0.481 e. The summed E-state index contributed by atoms with van der Waals surface area (Å²) in [5.41, 5.74) is 0.239. The molecular weight excluding hydrogens is 356 g/mol. The number of fused-ring (bicyclic) bond motifs is 1. The topological polar surface area (TPSA) is 86.6 Å². The molecule has 1 amide bonds. The molecule has 3 heterocycles. The number of hydrogen-bond donors (Lipinski definition) is 1. The normalized spacial score (nSPS) is 28.3. The van der Waals surface area contributed by atoms with Gasteiger partial charge in [0.25, 0.3) is 5.91 Å². The van der Waals surface area contributed by atoms with Gasteiger partial charge in [0, 0.05) is 25.7 Å². The second kappa shape index (κ2) is 7.02. The van der Waals surface area contributed by atoms with Crippen LogP contribution in [-0.4, -0.2) is 57.5 Å². The molecule has 26 heavy (non-hydrogen) atoms. The number of carboxylic acids is 1. The minimum atomic E-state index is -0.745. The van der Waals surface area contributed by atoms with Crippen LogP contribution in [0.2, 0.25) is 5.02 Å². The van der Waals surface area contributed by atoms with E-state index in [1.54, 1.807) is 4.90 Å². The van der Waals surface area contributed by atoms with Gasteiger partial charge in [-0.05, 0) is 38.0 Å². The Bertz CT molecular complexity index is 722. The van der Waals surface area contributed by atoms with Crippen LogP contribution in [0.4, 0.5) is 5.95 Å². The molecule has 0 aromatic carbocycles. The molecule has 0 spiro atoms. The zero-order valence-corrected chi connectivity index (χ0v) is 15.4. The summed E-state index contributed by atoms with van der Waals surface area (Å²) in [6.45, 7) is 2.23. The van der Waals surface area contributed by atoms with E-state index in [2.05, 4.69) is 14.9 Å². The number of carbonyl (C=O) groups is 2. The van der Waals surface area contributed by atoms with E-state index in [1.807, 2.05) is 0 Å². The second-order valence-corrected chi connectivity index (χ2v) is 7.86. The molecule has 140 valence electrons. The van der Waals surface area contributed by atoms with Crippen LogP contribution < -0.4 is 4.90 Å². The van der Waals surface area contributed by atoms with Gasteiger partial charge >= 0.3 is 5.97 Å². The van der Waals surface area contributed by atoms with Gasteiger partial charge in [0.15, 0.2) is 5.69 Å². The summed E-state index contributed by atoms with van der Waals surface area (Å²) in [5.74, 6) is -0.709. The lowest BCUT2D eigenvalue weighted by molar-refractivity contribution is -0.146. The molecule has 1 aliphatic carbocycles. The maximum absolute atomic E-state index is 13.2. The van der Waals surface area contributed by atoms with Gasteiger partial charge in [0.2, 0.25) is 5.95 Å². The van der Waals surface area contributed by atoms with Crippen LogP contribution in [0.3, 0.4) is 0 Å². The highest BCUT2D eigenvalue weighted by Crippen LogP contribution is 2.41. The molecule has 1 N–H and O–H groups in total. The van der Waals surface area contributed by atoms with Crippen molar-refractivity contribution in [1.82, 2.24) is 14.9 Å². The van der Waals surface area contributed by atoms with Gasteiger partial charge in [0.05, 0.1) is 17.1 Å². The smallest absolute Gasteiger partial charge is 0.306 e. The minimum absolute atomic E-state index is 0.0291.